The molecule has 0 aliphatic heterocycles. The van der Waals surface area contributed by atoms with Crippen LogP contribution >= 0.6 is 0 Å². The minimum absolute atomic E-state index is 0.0548. The lowest BCUT2D eigenvalue weighted by Crippen LogP contribution is -2.04. The number of carbonyl (C=O) groups is 1. The molecule has 0 unspecified atom stereocenters. The second kappa shape index (κ2) is 5.16. The van der Waals surface area contributed by atoms with E-state index in [0.717, 1.165) is 5.56 Å². The summed E-state index contributed by atoms with van der Waals surface area (Å²) in [4.78, 5) is 11.6. The van der Waals surface area contributed by atoms with Crippen LogP contribution in [0.3, 0.4) is 0 Å². The van der Waals surface area contributed by atoms with E-state index in [4.69, 9.17) is 4.74 Å². The van der Waals surface area contributed by atoms with Gasteiger partial charge in [0.05, 0.1) is 5.56 Å². The van der Waals surface area contributed by atoms with E-state index in [1.165, 1.54) is 12.1 Å². The number of ether oxygens (including phenoxy) is 1. The molecule has 0 radical (unpaired) electrons. The molecule has 17 heavy (non-hydrogen) atoms. The van der Waals surface area contributed by atoms with Gasteiger partial charge < -0.3 is 9.84 Å². The van der Waals surface area contributed by atoms with Crippen molar-refractivity contribution >= 4 is 5.97 Å². The number of hydrogen-bond donors (Lipinski definition) is 1. The highest BCUT2D eigenvalue weighted by atomic mass is 16.5. The van der Waals surface area contributed by atoms with Crippen molar-refractivity contribution in [2.24, 2.45) is 0 Å². The first-order chi connectivity index (χ1) is 8.25. The van der Waals surface area contributed by atoms with Crippen molar-refractivity contribution in [2.45, 2.75) is 6.61 Å². The molecule has 86 valence electrons. The Bertz CT molecular complexity index is 506. The van der Waals surface area contributed by atoms with Gasteiger partial charge in [0.25, 0.3) is 0 Å². The Kier molecular flexibility index (Phi) is 3.40. The highest BCUT2D eigenvalue weighted by Crippen LogP contribution is 2.12. The van der Waals surface area contributed by atoms with Crippen LogP contribution in [0.5, 0.6) is 5.75 Å². The van der Waals surface area contributed by atoms with Crippen LogP contribution in [0.4, 0.5) is 0 Å². The topological polar surface area (TPSA) is 46.5 Å². The number of phenols is 1. The van der Waals surface area contributed by atoms with Crippen LogP contribution < -0.4 is 0 Å². The van der Waals surface area contributed by atoms with E-state index >= 15 is 0 Å². The van der Waals surface area contributed by atoms with Crippen LogP contribution in [0.25, 0.3) is 0 Å². The lowest BCUT2D eigenvalue weighted by atomic mass is 10.2. The molecule has 0 spiro atoms. The Morgan fingerprint density at radius 2 is 1.82 bits per heavy atom. The number of benzene rings is 2. The SMILES string of the molecule is O=C(OCc1ccccc1)c1cccc(O)c1. The molecule has 3 nitrogen and oxygen atoms in total. The van der Waals surface area contributed by atoms with E-state index < -0.39 is 5.97 Å². The molecule has 0 aromatic heterocycles. The van der Waals surface area contributed by atoms with E-state index in [1.807, 2.05) is 30.3 Å². The third-order valence-electron chi connectivity index (χ3n) is 2.29. The maximum Gasteiger partial charge on any atom is 0.338 e. The molecular weight excluding hydrogens is 216 g/mol. The molecule has 3 heteroatoms. The van der Waals surface area contributed by atoms with E-state index in [9.17, 15) is 9.90 Å². The Balaban J connectivity index is 1.98. The van der Waals surface area contributed by atoms with Crippen LogP contribution in [-0.4, -0.2) is 11.1 Å². The maximum atomic E-state index is 11.6. The third-order valence-corrected chi connectivity index (χ3v) is 2.29. The highest BCUT2D eigenvalue weighted by Gasteiger charge is 2.07. The van der Waals surface area contributed by atoms with Crippen molar-refractivity contribution < 1.29 is 14.6 Å². The predicted molar refractivity (Wildman–Crippen MR) is 63.7 cm³/mol. The van der Waals surface area contributed by atoms with Gasteiger partial charge in [-0.25, -0.2) is 4.79 Å². The first kappa shape index (κ1) is 11.2. The molecular formula is C14H12O3. The monoisotopic (exact) mass is 228 g/mol. The number of esters is 1. The average Bonchev–Trinajstić information content (AvgIpc) is 2.37. The fourth-order valence-electron chi connectivity index (χ4n) is 1.44. The molecule has 2 aromatic carbocycles. The van der Waals surface area contributed by atoms with Gasteiger partial charge in [-0.15, -0.1) is 0 Å². The average molecular weight is 228 g/mol. The maximum absolute atomic E-state index is 11.6. The van der Waals surface area contributed by atoms with Gasteiger partial charge >= 0.3 is 5.97 Å². The molecule has 2 rings (SSSR count). The van der Waals surface area contributed by atoms with Gasteiger partial charge in [-0.05, 0) is 23.8 Å². The molecule has 0 saturated carbocycles. The van der Waals surface area contributed by atoms with Gasteiger partial charge in [-0.1, -0.05) is 36.4 Å². The summed E-state index contributed by atoms with van der Waals surface area (Å²) in [5, 5.41) is 9.24. The zero-order valence-corrected chi connectivity index (χ0v) is 9.17. The fourth-order valence-corrected chi connectivity index (χ4v) is 1.44. The standard InChI is InChI=1S/C14H12O3/c15-13-8-4-7-12(9-13)14(16)17-10-11-5-2-1-3-6-11/h1-9,15H,10H2. The van der Waals surface area contributed by atoms with Crippen LogP contribution in [-0.2, 0) is 11.3 Å². The summed E-state index contributed by atoms with van der Waals surface area (Å²) in [6.45, 7) is 0.231. The summed E-state index contributed by atoms with van der Waals surface area (Å²) in [5.41, 5.74) is 1.28. The molecule has 0 aliphatic rings. The van der Waals surface area contributed by atoms with Gasteiger partial charge in [-0.2, -0.15) is 0 Å². The Morgan fingerprint density at radius 3 is 2.53 bits per heavy atom. The molecule has 0 fully saturated rings. The summed E-state index contributed by atoms with van der Waals surface area (Å²) >= 11 is 0. The lowest BCUT2D eigenvalue weighted by molar-refractivity contribution is 0.0472. The fraction of sp³-hybridized carbons (Fsp3) is 0.0714. The van der Waals surface area contributed by atoms with E-state index in [-0.39, 0.29) is 12.4 Å². The molecule has 0 saturated heterocycles. The van der Waals surface area contributed by atoms with Crippen LogP contribution in [0.1, 0.15) is 15.9 Å². The Hall–Kier alpha value is -2.29. The van der Waals surface area contributed by atoms with Crippen molar-refractivity contribution in [1.82, 2.24) is 0 Å². The molecule has 0 heterocycles. The largest absolute Gasteiger partial charge is 0.508 e. The molecule has 0 aliphatic carbocycles. The molecule has 0 atom stereocenters. The van der Waals surface area contributed by atoms with Gasteiger partial charge in [0.1, 0.15) is 12.4 Å². The molecule has 0 bridgehead atoms. The summed E-state index contributed by atoms with van der Waals surface area (Å²) in [6.07, 6.45) is 0. The zero-order valence-electron chi connectivity index (χ0n) is 9.17. The predicted octanol–water partition coefficient (Wildman–Crippen LogP) is 2.75. The normalized spacial score (nSPS) is 9.88. The number of hydrogen-bond acceptors (Lipinski definition) is 3. The van der Waals surface area contributed by atoms with Gasteiger partial charge in [0.15, 0.2) is 0 Å². The van der Waals surface area contributed by atoms with Crippen LogP contribution in [0.2, 0.25) is 0 Å². The summed E-state index contributed by atoms with van der Waals surface area (Å²) in [5.74, 6) is -0.385. The highest BCUT2D eigenvalue weighted by molar-refractivity contribution is 5.89. The zero-order chi connectivity index (χ0) is 12.1. The number of rotatable bonds is 3. The van der Waals surface area contributed by atoms with Gasteiger partial charge in [0.2, 0.25) is 0 Å². The smallest absolute Gasteiger partial charge is 0.338 e. The van der Waals surface area contributed by atoms with E-state index in [1.54, 1.807) is 12.1 Å². The van der Waals surface area contributed by atoms with Crippen molar-refractivity contribution in [3.05, 3.63) is 65.7 Å². The summed E-state index contributed by atoms with van der Waals surface area (Å²) < 4.78 is 5.12. The quantitative estimate of drug-likeness (QED) is 0.821. The van der Waals surface area contributed by atoms with Crippen LogP contribution in [0.15, 0.2) is 54.6 Å². The van der Waals surface area contributed by atoms with E-state index in [2.05, 4.69) is 0 Å². The first-order valence-electron chi connectivity index (χ1n) is 5.26. The summed E-state index contributed by atoms with van der Waals surface area (Å²) in [6, 6.07) is 15.5. The minimum Gasteiger partial charge on any atom is -0.508 e. The lowest BCUT2D eigenvalue weighted by Gasteiger charge is -2.04. The Labute approximate surface area is 99.3 Å². The molecule has 2 aromatic rings. The van der Waals surface area contributed by atoms with Crippen molar-refractivity contribution in [3.63, 3.8) is 0 Å². The first-order valence-corrected chi connectivity index (χ1v) is 5.26. The number of aromatic hydroxyl groups is 1. The second-order valence-corrected chi connectivity index (χ2v) is 3.61. The van der Waals surface area contributed by atoms with Gasteiger partial charge in [-0.3, -0.25) is 0 Å². The Morgan fingerprint density at radius 1 is 1.06 bits per heavy atom. The van der Waals surface area contributed by atoms with Crippen LogP contribution in [0, 0.1) is 0 Å². The number of carbonyl (C=O) groups excluding carboxylic acids is 1. The molecule has 0 amide bonds. The van der Waals surface area contributed by atoms with E-state index in [0.29, 0.717) is 5.56 Å². The van der Waals surface area contributed by atoms with Crippen molar-refractivity contribution in [3.8, 4) is 5.75 Å². The van der Waals surface area contributed by atoms with Crippen molar-refractivity contribution in [1.29, 1.82) is 0 Å². The molecule has 1 N–H and O–H groups in total. The second-order valence-electron chi connectivity index (χ2n) is 3.61. The number of phenolic OH excluding ortho intramolecular Hbond substituents is 1. The summed E-state index contributed by atoms with van der Waals surface area (Å²) in [7, 11) is 0. The third kappa shape index (κ3) is 3.08. The van der Waals surface area contributed by atoms with Gasteiger partial charge in [0, 0.05) is 0 Å². The van der Waals surface area contributed by atoms with Crippen molar-refractivity contribution in [2.75, 3.05) is 0 Å². The minimum atomic E-state index is -0.440.